The number of benzene rings is 2. The number of fused-ring (bicyclic) bond motifs is 3. The maximum absolute atomic E-state index is 12.6. The summed E-state index contributed by atoms with van der Waals surface area (Å²) in [5.41, 5.74) is 3.60. The molecule has 29 heavy (non-hydrogen) atoms. The van der Waals surface area contributed by atoms with Gasteiger partial charge < -0.3 is 15.2 Å². The van der Waals surface area contributed by atoms with E-state index in [1.165, 1.54) is 0 Å². The first kappa shape index (κ1) is 19.9. The van der Waals surface area contributed by atoms with Crippen LogP contribution in [0, 0.1) is 5.92 Å². The van der Waals surface area contributed by atoms with Crippen molar-refractivity contribution in [2.45, 2.75) is 44.9 Å². The molecule has 2 bridgehead atoms. The Morgan fingerprint density at radius 3 is 2.17 bits per heavy atom. The number of aliphatic hydroxyl groups excluding tert-OH is 1. The Morgan fingerprint density at radius 1 is 1.07 bits per heavy atom. The summed E-state index contributed by atoms with van der Waals surface area (Å²) in [4.78, 5) is 14.9. The third-order valence-electron chi connectivity index (χ3n) is 6.35. The molecule has 2 aromatic rings. The number of nitrogens with zero attached hydrogens (tertiary/aromatic N) is 1. The summed E-state index contributed by atoms with van der Waals surface area (Å²) in [7, 11) is 0. The van der Waals surface area contributed by atoms with E-state index in [1.807, 2.05) is 50.2 Å². The van der Waals surface area contributed by atoms with E-state index in [9.17, 15) is 9.90 Å². The van der Waals surface area contributed by atoms with Crippen LogP contribution in [0.2, 0.25) is 0 Å². The lowest BCUT2D eigenvalue weighted by Gasteiger charge is -2.44. The predicted molar refractivity (Wildman–Crippen MR) is 113 cm³/mol. The van der Waals surface area contributed by atoms with E-state index in [0.29, 0.717) is 5.92 Å². The third-order valence-corrected chi connectivity index (χ3v) is 6.35. The number of hydrogen-bond donors (Lipinski definition) is 2. The Balaban J connectivity index is 1.39. The lowest BCUT2D eigenvalue weighted by molar-refractivity contribution is -0.0349. The second-order valence-corrected chi connectivity index (χ2v) is 8.76. The van der Waals surface area contributed by atoms with Gasteiger partial charge in [0.15, 0.2) is 0 Å². The van der Waals surface area contributed by atoms with Gasteiger partial charge in [-0.2, -0.15) is 0 Å². The van der Waals surface area contributed by atoms with Crippen molar-refractivity contribution in [3.8, 4) is 11.1 Å². The highest BCUT2D eigenvalue weighted by molar-refractivity contribution is 5.69. The molecule has 2 N–H and O–H groups in total. The van der Waals surface area contributed by atoms with Gasteiger partial charge in [-0.1, -0.05) is 48.5 Å². The second kappa shape index (κ2) is 8.17. The molecule has 2 aromatic carbocycles. The zero-order valence-corrected chi connectivity index (χ0v) is 17.2. The molecule has 1 atom stereocenters. The quantitative estimate of drug-likeness (QED) is 0.807. The van der Waals surface area contributed by atoms with Gasteiger partial charge in [0.25, 0.3) is 0 Å². The standard InChI is InChI=1S/C24H30N2O3/c1-24(2,25-23(28)29-22-15-26-13-11-20(22)12-14-26)21-9-7-19(8-10-21)18-5-3-17(16-27)4-6-18/h3-10,20,22,27H,11-16H2,1-2H3,(H,25,28). The highest BCUT2D eigenvalue weighted by Gasteiger charge is 2.37. The van der Waals surface area contributed by atoms with Crippen LogP contribution >= 0.6 is 0 Å². The van der Waals surface area contributed by atoms with Crippen LogP contribution in [-0.2, 0) is 16.9 Å². The summed E-state index contributed by atoms with van der Waals surface area (Å²) in [5.74, 6) is 0.505. The fourth-order valence-corrected chi connectivity index (χ4v) is 4.42. The summed E-state index contributed by atoms with van der Waals surface area (Å²) in [6.45, 7) is 7.17. The largest absolute Gasteiger partial charge is 0.445 e. The molecule has 0 radical (unpaired) electrons. The van der Waals surface area contributed by atoms with Gasteiger partial charge in [0.1, 0.15) is 6.10 Å². The number of alkyl carbamates (subject to hydrolysis) is 1. The Morgan fingerprint density at radius 2 is 1.66 bits per heavy atom. The lowest BCUT2D eigenvalue weighted by atomic mass is 9.86. The number of piperidine rings is 3. The van der Waals surface area contributed by atoms with Crippen molar-refractivity contribution >= 4 is 6.09 Å². The van der Waals surface area contributed by atoms with Gasteiger partial charge in [0, 0.05) is 6.54 Å². The fraction of sp³-hybridized carbons (Fsp3) is 0.458. The minimum atomic E-state index is -0.523. The first-order chi connectivity index (χ1) is 13.9. The number of rotatable bonds is 5. The first-order valence-corrected chi connectivity index (χ1v) is 10.5. The van der Waals surface area contributed by atoms with Crippen LogP contribution in [0.4, 0.5) is 4.79 Å². The van der Waals surface area contributed by atoms with Crippen molar-refractivity contribution in [1.82, 2.24) is 10.2 Å². The van der Waals surface area contributed by atoms with Gasteiger partial charge >= 0.3 is 6.09 Å². The minimum absolute atomic E-state index is 0.0116. The van der Waals surface area contributed by atoms with Crippen molar-refractivity contribution in [2.24, 2.45) is 5.92 Å². The molecule has 0 saturated carbocycles. The summed E-state index contributed by atoms with van der Waals surface area (Å²) >= 11 is 0. The SMILES string of the molecule is CC(C)(NC(=O)OC1CN2CCC1CC2)c1ccc(-c2ccc(CO)cc2)cc1. The second-order valence-electron chi connectivity index (χ2n) is 8.76. The number of carbonyl (C=O) groups excluding carboxylic acids is 1. The normalized spacial score (nSPS) is 23.6. The first-order valence-electron chi connectivity index (χ1n) is 10.5. The summed E-state index contributed by atoms with van der Waals surface area (Å²) in [6.07, 6.45) is 1.93. The Kier molecular flexibility index (Phi) is 5.61. The zero-order valence-electron chi connectivity index (χ0n) is 17.2. The fourth-order valence-electron chi connectivity index (χ4n) is 4.42. The van der Waals surface area contributed by atoms with Crippen molar-refractivity contribution in [1.29, 1.82) is 0 Å². The van der Waals surface area contributed by atoms with Crippen LogP contribution in [0.15, 0.2) is 48.5 Å². The third kappa shape index (κ3) is 4.46. The van der Waals surface area contributed by atoms with Crippen LogP contribution in [0.25, 0.3) is 11.1 Å². The zero-order chi connectivity index (χ0) is 20.4. The van der Waals surface area contributed by atoms with Gasteiger partial charge in [-0.25, -0.2) is 4.79 Å². The van der Waals surface area contributed by atoms with Crippen LogP contribution in [0.5, 0.6) is 0 Å². The minimum Gasteiger partial charge on any atom is -0.445 e. The van der Waals surface area contributed by atoms with E-state index >= 15 is 0 Å². The average Bonchev–Trinajstić information content (AvgIpc) is 2.74. The van der Waals surface area contributed by atoms with E-state index in [2.05, 4.69) is 22.3 Å². The number of ether oxygens (including phenoxy) is 1. The van der Waals surface area contributed by atoms with E-state index in [1.54, 1.807) is 0 Å². The smallest absolute Gasteiger partial charge is 0.408 e. The number of aliphatic hydroxyl groups is 1. The molecule has 3 aliphatic heterocycles. The molecule has 3 heterocycles. The summed E-state index contributed by atoms with van der Waals surface area (Å²) < 4.78 is 5.79. The highest BCUT2D eigenvalue weighted by atomic mass is 16.6. The molecule has 5 rings (SSSR count). The number of nitrogens with one attached hydrogen (secondary N) is 1. The maximum Gasteiger partial charge on any atom is 0.408 e. The van der Waals surface area contributed by atoms with Crippen LogP contribution in [-0.4, -0.2) is 41.8 Å². The molecule has 154 valence electrons. The number of amides is 1. The van der Waals surface area contributed by atoms with E-state index in [-0.39, 0.29) is 18.8 Å². The molecule has 0 aromatic heterocycles. The predicted octanol–water partition coefficient (Wildman–Crippen LogP) is 3.90. The monoisotopic (exact) mass is 394 g/mol. The summed E-state index contributed by atoms with van der Waals surface area (Å²) in [5, 5.41) is 12.2. The van der Waals surface area contributed by atoms with Gasteiger partial charge in [0.05, 0.1) is 12.1 Å². The van der Waals surface area contributed by atoms with Crippen LogP contribution in [0.1, 0.15) is 37.8 Å². The Labute approximate surface area is 172 Å². The molecular formula is C24H30N2O3. The molecule has 0 spiro atoms. The lowest BCUT2D eigenvalue weighted by Crippen LogP contribution is -2.53. The van der Waals surface area contributed by atoms with Crippen LogP contribution in [0.3, 0.4) is 0 Å². The van der Waals surface area contributed by atoms with Crippen molar-refractivity contribution < 1.29 is 14.6 Å². The van der Waals surface area contributed by atoms with Crippen molar-refractivity contribution in [3.05, 3.63) is 59.7 Å². The summed E-state index contributed by atoms with van der Waals surface area (Å²) in [6, 6.07) is 16.1. The molecule has 3 aliphatic rings. The van der Waals surface area contributed by atoms with E-state index < -0.39 is 5.54 Å². The van der Waals surface area contributed by atoms with Gasteiger partial charge in [-0.05, 0) is 68.0 Å². The molecule has 3 fully saturated rings. The van der Waals surface area contributed by atoms with Gasteiger partial charge in [-0.15, -0.1) is 0 Å². The molecule has 1 amide bonds. The van der Waals surface area contributed by atoms with Gasteiger partial charge in [-0.3, -0.25) is 4.90 Å². The number of hydrogen-bond acceptors (Lipinski definition) is 4. The highest BCUT2D eigenvalue weighted by Crippen LogP contribution is 2.30. The topological polar surface area (TPSA) is 61.8 Å². The Hall–Kier alpha value is -2.37. The Bertz CT molecular complexity index is 837. The number of carbonyl (C=O) groups is 1. The molecule has 3 saturated heterocycles. The van der Waals surface area contributed by atoms with Crippen molar-refractivity contribution in [3.63, 3.8) is 0 Å². The van der Waals surface area contributed by atoms with E-state index in [4.69, 9.17) is 4.74 Å². The molecule has 5 heteroatoms. The molecular weight excluding hydrogens is 364 g/mol. The molecule has 1 unspecified atom stereocenters. The van der Waals surface area contributed by atoms with Crippen molar-refractivity contribution in [2.75, 3.05) is 19.6 Å². The maximum atomic E-state index is 12.6. The van der Waals surface area contributed by atoms with Crippen LogP contribution < -0.4 is 5.32 Å². The van der Waals surface area contributed by atoms with E-state index in [0.717, 1.165) is 54.7 Å². The van der Waals surface area contributed by atoms with Gasteiger partial charge in [0.2, 0.25) is 0 Å². The average molecular weight is 395 g/mol. The molecule has 5 nitrogen and oxygen atoms in total. The molecule has 0 aliphatic carbocycles.